The molecule has 3 rings (SSSR count). The van der Waals surface area contributed by atoms with Crippen LogP contribution in [-0.2, 0) is 12.8 Å². The molecule has 0 spiro atoms. The van der Waals surface area contributed by atoms with Crippen LogP contribution in [0.5, 0.6) is 0 Å². The molecule has 1 N–H and O–H groups in total. The van der Waals surface area contributed by atoms with Crippen molar-refractivity contribution < 1.29 is 0 Å². The number of hydrogen-bond acceptors (Lipinski definition) is 2. The van der Waals surface area contributed by atoms with Crippen molar-refractivity contribution in [3.63, 3.8) is 0 Å². The summed E-state index contributed by atoms with van der Waals surface area (Å²) in [7, 11) is 0. The average Bonchev–Trinajstić information content (AvgIpc) is 3.05. The van der Waals surface area contributed by atoms with Crippen molar-refractivity contribution in [1.82, 2.24) is 5.32 Å². The predicted octanol–water partition coefficient (Wildman–Crippen LogP) is 4.47. The maximum absolute atomic E-state index is 3.77. The van der Waals surface area contributed by atoms with Crippen LogP contribution in [0.25, 0.3) is 0 Å². The van der Waals surface area contributed by atoms with Gasteiger partial charge in [-0.2, -0.15) is 0 Å². The molecule has 100 valence electrons. The maximum Gasteiger partial charge on any atom is 0.0386 e. The van der Waals surface area contributed by atoms with Gasteiger partial charge in [0.25, 0.3) is 0 Å². The molecule has 0 amide bonds. The molecule has 1 fully saturated rings. The van der Waals surface area contributed by atoms with Crippen molar-refractivity contribution in [2.45, 2.75) is 64.8 Å². The third kappa shape index (κ3) is 2.50. The minimum atomic E-state index is 0.546. The van der Waals surface area contributed by atoms with Gasteiger partial charge in [-0.3, -0.25) is 0 Å². The van der Waals surface area contributed by atoms with Crippen LogP contribution in [0, 0.1) is 5.41 Å². The second-order valence-corrected chi connectivity index (χ2v) is 7.43. The lowest BCUT2D eigenvalue weighted by Gasteiger charge is -2.17. The van der Waals surface area contributed by atoms with Crippen molar-refractivity contribution >= 4 is 11.3 Å². The van der Waals surface area contributed by atoms with Gasteiger partial charge in [-0.1, -0.05) is 6.92 Å². The highest BCUT2D eigenvalue weighted by Crippen LogP contribution is 2.48. The lowest BCUT2D eigenvalue weighted by atomic mass is 9.99. The first-order valence-electron chi connectivity index (χ1n) is 7.57. The molecule has 1 nitrogen and oxygen atoms in total. The Balaban J connectivity index is 1.61. The summed E-state index contributed by atoms with van der Waals surface area (Å²) >= 11 is 2.06. The van der Waals surface area contributed by atoms with E-state index in [0.29, 0.717) is 11.5 Å². The van der Waals surface area contributed by atoms with Gasteiger partial charge in [0.15, 0.2) is 0 Å². The van der Waals surface area contributed by atoms with Crippen molar-refractivity contribution in [2.75, 3.05) is 6.54 Å². The fourth-order valence-corrected chi connectivity index (χ4v) is 4.31. The van der Waals surface area contributed by atoms with Gasteiger partial charge < -0.3 is 5.32 Å². The summed E-state index contributed by atoms with van der Waals surface area (Å²) in [4.78, 5) is 3.23. The van der Waals surface area contributed by atoms with Gasteiger partial charge in [-0.15, -0.1) is 11.3 Å². The lowest BCUT2D eigenvalue weighted by molar-refractivity contribution is 0.417. The highest BCUT2D eigenvalue weighted by atomic mass is 32.1. The molecule has 1 aromatic heterocycles. The number of hydrogen-bond donors (Lipinski definition) is 1. The third-order valence-corrected chi connectivity index (χ3v) is 6.35. The minimum Gasteiger partial charge on any atom is -0.309 e. The molecular formula is C16H25NS. The van der Waals surface area contributed by atoms with E-state index >= 15 is 0 Å². The second-order valence-electron chi connectivity index (χ2n) is 6.26. The monoisotopic (exact) mass is 263 g/mol. The van der Waals surface area contributed by atoms with Crippen LogP contribution in [0.3, 0.4) is 0 Å². The molecule has 18 heavy (non-hydrogen) atoms. The topological polar surface area (TPSA) is 12.0 Å². The summed E-state index contributed by atoms with van der Waals surface area (Å²) in [5, 5.41) is 3.77. The quantitative estimate of drug-likeness (QED) is 0.826. The van der Waals surface area contributed by atoms with Crippen LogP contribution < -0.4 is 5.32 Å². The minimum absolute atomic E-state index is 0.546. The zero-order valence-corrected chi connectivity index (χ0v) is 12.5. The van der Waals surface area contributed by atoms with Gasteiger partial charge in [-0.05, 0) is 68.9 Å². The molecule has 1 saturated carbocycles. The molecule has 2 aliphatic carbocycles. The third-order valence-electron chi connectivity index (χ3n) is 4.93. The molecule has 0 saturated heterocycles. The smallest absolute Gasteiger partial charge is 0.0386 e. The average molecular weight is 263 g/mol. The summed E-state index contributed by atoms with van der Waals surface area (Å²) in [6, 6.07) is 3.02. The highest BCUT2D eigenvalue weighted by Gasteiger charge is 2.40. The van der Waals surface area contributed by atoms with E-state index in [1.54, 1.807) is 15.3 Å². The van der Waals surface area contributed by atoms with E-state index < -0.39 is 0 Å². The van der Waals surface area contributed by atoms with Gasteiger partial charge in [0, 0.05) is 22.3 Å². The molecule has 0 aliphatic heterocycles. The van der Waals surface area contributed by atoms with E-state index in [1.165, 1.54) is 51.5 Å². The van der Waals surface area contributed by atoms with Gasteiger partial charge in [0.05, 0.1) is 0 Å². The van der Waals surface area contributed by atoms with Crippen molar-refractivity contribution in [3.05, 3.63) is 21.4 Å². The van der Waals surface area contributed by atoms with Crippen LogP contribution in [0.2, 0.25) is 0 Å². The van der Waals surface area contributed by atoms with E-state index in [9.17, 15) is 0 Å². The molecule has 1 aromatic rings. The van der Waals surface area contributed by atoms with Crippen molar-refractivity contribution in [3.8, 4) is 0 Å². The van der Waals surface area contributed by atoms with Crippen LogP contribution >= 0.6 is 11.3 Å². The van der Waals surface area contributed by atoms with Gasteiger partial charge in [0.2, 0.25) is 0 Å². The van der Waals surface area contributed by atoms with Crippen molar-refractivity contribution in [2.24, 2.45) is 5.41 Å². The number of fused-ring (bicyclic) bond motifs is 1. The van der Waals surface area contributed by atoms with Gasteiger partial charge >= 0.3 is 0 Å². The fourth-order valence-electron chi connectivity index (χ4n) is 3.03. The number of aryl methyl sites for hydroxylation is 2. The maximum atomic E-state index is 3.77. The number of thiophene rings is 1. The summed E-state index contributed by atoms with van der Waals surface area (Å²) in [6.07, 6.45) is 9.64. The van der Waals surface area contributed by atoms with Crippen LogP contribution in [-0.4, -0.2) is 6.54 Å². The number of rotatable bonds is 5. The van der Waals surface area contributed by atoms with E-state index in [2.05, 4.69) is 36.6 Å². The standard InChI is InChI=1S/C16H25NS/c1-3-16(8-9-16)11-17-12(2)15-10-13-6-4-5-7-14(13)18-15/h10,12,17H,3-9,11H2,1-2H3. The van der Waals surface area contributed by atoms with E-state index in [-0.39, 0.29) is 0 Å². The normalized spacial score (nSPS) is 22.6. The number of nitrogens with one attached hydrogen (secondary N) is 1. The Bertz CT molecular complexity index is 393. The summed E-state index contributed by atoms with van der Waals surface area (Å²) in [5.74, 6) is 0. The Morgan fingerprint density at radius 2 is 2.11 bits per heavy atom. The van der Waals surface area contributed by atoms with Gasteiger partial charge in [-0.25, -0.2) is 0 Å². The Labute approximate surface area is 115 Å². The lowest BCUT2D eigenvalue weighted by Crippen LogP contribution is -2.25. The Morgan fingerprint density at radius 1 is 1.33 bits per heavy atom. The van der Waals surface area contributed by atoms with E-state index in [1.807, 2.05) is 0 Å². The molecule has 0 bridgehead atoms. The summed E-state index contributed by atoms with van der Waals surface area (Å²) in [5.41, 5.74) is 2.30. The zero-order valence-electron chi connectivity index (χ0n) is 11.7. The molecule has 1 unspecified atom stereocenters. The Morgan fingerprint density at radius 3 is 2.78 bits per heavy atom. The zero-order chi connectivity index (χ0) is 12.6. The molecule has 2 heteroatoms. The first kappa shape index (κ1) is 12.7. The van der Waals surface area contributed by atoms with Crippen LogP contribution in [0.15, 0.2) is 6.07 Å². The molecule has 1 atom stereocenters. The molecule has 2 aliphatic rings. The molecular weight excluding hydrogens is 238 g/mol. The fraction of sp³-hybridized carbons (Fsp3) is 0.750. The Kier molecular flexibility index (Phi) is 3.50. The van der Waals surface area contributed by atoms with E-state index in [4.69, 9.17) is 0 Å². The first-order chi connectivity index (χ1) is 8.72. The largest absolute Gasteiger partial charge is 0.309 e. The van der Waals surface area contributed by atoms with Crippen molar-refractivity contribution in [1.29, 1.82) is 0 Å². The summed E-state index contributed by atoms with van der Waals surface area (Å²) < 4.78 is 0. The van der Waals surface area contributed by atoms with Gasteiger partial charge in [0.1, 0.15) is 0 Å². The predicted molar refractivity (Wildman–Crippen MR) is 79.3 cm³/mol. The second kappa shape index (κ2) is 4.97. The molecule has 0 radical (unpaired) electrons. The Hall–Kier alpha value is -0.340. The van der Waals surface area contributed by atoms with E-state index in [0.717, 1.165) is 0 Å². The summed E-state index contributed by atoms with van der Waals surface area (Å²) in [6.45, 7) is 5.89. The SMILES string of the molecule is CCC1(CNC(C)c2cc3c(s2)CCCC3)CC1. The highest BCUT2D eigenvalue weighted by molar-refractivity contribution is 7.12. The first-order valence-corrected chi connectivity index (χ1v) is 8.39. The molecule has 1 heterocycles. The van der Waals surface area contributed by atoms with Crippen LogP contribution in [0.1, 0.15) is 67.3 Å². The molecule has 0 aromatic carbocycles. The van der Waals surface area contributed by atoms with Crippen LogP contribution in [0.4, 0.5) is 0 Å².